The topological polar surface area (TPSA) is 97.3 Å². The molecule has 1 unspecified atom stereocenters. The van der Waals surface area contributed by atoms with Crippen molar-refractivity contribution in [1.82, 2.24) is 4.90 Å². The van der Waals surface area contributed by atoms with Gasteiger partial charge in [0.15, 0.2) is 11.5 Å². The van der Waals surface area contributed by atoms with E-state index in [1.54, 1.807) is 19.1 Å². The number of fused-ring (bicyclic) bond motifs is 1. The maximum atomic E-state index is 12.7. The lowest BCUT2D eigenvalue weighted by molar-refractivity contribution is -0.131. The monoisotopic (exact) mass is 484 g/mol. The fourth-order valence-electron chi connectivity index (χ4n) is 4.25. The molecule has 0 bridgehead atoms. The molecule has 1 aliphatic rings. The van der Waals surface area contributed by atoms with Gasteiger partial charge >= 0.3 is 0 Å². The van der Waals surface area contributed by atoms with Gasteiger partial charge in [-0.15, -0.1) is 0 Å². The molecule has 2 aromatic rings. The zero-order chi connectivity index (χ0) is 25.2. The van der Waals surface area contributed by atoms with Crippen molar-refractivity contribution in [3.8, 4) is 17.2 Å². The molecule has 0 spiro atoms. The molecular formula is C27H36N2O6. The van der Waals surface area contributed by atoms with E-state index in [1.807, 2.05) is 43.3 Å². The van der Waals surface area contributed by atoms with Gasteiger partial charge in [0, 0.05) is 31.6 Å². The van der Waals surface area contributed by atoms with Gasteiger partial charge in [-0.3, -0.25) is 9.59 Å². The van der Waals surface area contributed by atoms with Gasteiger partial charge < -0.3 is 29.5 Å². The lowest BCUT2D eigenvalue weighted by Gasteiger charge is -2.23. The molecule has 0 fully saturated rings. The Bertz CT molecular complexity index is 1010. The number of aliphatic hydroxyl groups excluding tert-OH is 1. The maximum absolute atomic E-state index is 12.7. The normalized spacial score (nSPS) is 14.6. The summed E-state index contributed by atoms with van der Waals surface area (Å²) >= 11 is 0. The summed E-state index contributed by atoms with van der Waals surface area (Å²) in [5.74, 6) is 2.33. The average Bonchev–Trinajstić information content (AvgIpc) is 2.86. The fourth-order valence-corrected chi connectivity index (χ4v) is 4.25. The third-order valence-corrected chi connectivity index (χ3v) is 6.21. The Kier molecular flexibility index (Phi) is 9.78. The lowest BCUT2D eigenvalue weighted by atomic mass is 9.92. The summed E-state index contributed by atoms with van der Waals surface area (Å²) < 4.78 is 16.5. The molecule has 1 heterocycles. The largest absolute Gasteiger partial charge is 0.494 e. The first-order chi connectivity index (χ1) is 16.9. The smallest absolute Gasteiger partial charge is 0.224 e. The zero-order valence-electron chi connectivity index (χ0n) is 20.8. The molecule has 1 aliphatic heterocycles. The molecule has 190 valence electrons. The Labute approximate surface area is 207 Å². The summed E-state index contributed by atoms with van der Waals surface area (Å²) in [5, 5.41) is 12.3. The zero-order valence-corrected chi connectivity index (χ0v) is 20.8. The first-order valence-electron chi connectivity index (χ1n) is 12.1. The molecule has 0 saturated heterocycles. The van der Waals surface area contributed by atoms with E-state index in [0.29, 0.717) is 56.9 Å². The minimum atomic E-state index is -0.0714. The molecule has 0 aromatic heterocycles. The SMILES string of the molecule is COc1ccc(CCN(CCO)C(=O)CCCCOc2ccc3c(c2)C(C)CC(=O)N3)cc1OC. The molecule has 35 heavy (non-hydrogen) atoms. The Morgan fingerprint density at radius 3 is 2.63 bits per heavy atom. The minimum Gasteiger partial charge on any atom is -0.494 e. The number of amides is 2. The van der Waals surface area contributed by atoms with E-state index < -0.39 is 0 Å². The molecule has 2 aromatic carbocycles. The number of anilines is 1. The van der Waals surface area contributed by atoms with E-state index in [9.17, 15) is 14.7 Å². The number of carbonyl (C=O) groups is 2. The van der Waals surface area contributed by atoms with Crippen LogP contribution in [0.5, 0.6) is 17.2 Å². The van der Waals surface area contributed by atoms with E-state index in [0.717, 1.165) is 29.0 Å². The van der Waals surface area contributed by atoms with Gasteiger partial charge in [0.25, 0.3) is 0 Å². The van der Waals surface area contributed by atoms with E-state index in [-0.39, 0.29) is 24.3 Å². The fraction of sp³-hybridized carbons (Fsp3) is 0.481. The first-order valence-corrected chi connectivity index (χ1v) is 12.1. The standard InChI is InChI=1S/C27H36N2O6/c1-19-16-26(31)28-23-9-8-21(18-22(19)23)35-15-5-4-6-27(32)29(13-14-30)12-11-20-7-10-24(33-2)25(17-20)34-3/h7-10,17-19,30H,4-6,11-16H2,1-3H3,(H,28,31). The van der Waals surface area contributed by atoms with Crippen LogP contribution in [0.4, 0.5) is 5.69 Å². The average molecular weight is 485 g/mol. The van der Waals surface area contributed by atoms with Crippen LogP contribution in [0, 0.1) is 0 Å². The number of hydrogen-bond acceptors (Lipinski definition) is 6. The Morgan fingerprint density at radius 1 is 1.09 bits per heavy atom. The number of carbonyl (C=O) groups excluding carboxylic acids is 2. The third kappa shape index (κ3) is 7.36. The van der Waals surface area contributed by atoms with E-state index in [4.69, 9.17) is 14.2 Å². The van der Waals surface area contributed by atoms with Crippen LogP contribution in [0.25, 0.3) is 0 Å². The predicted octanol–water partition coefficient (Wildman–Crippen LogP) is 3.76. The van der Waals surface area contributed by atoms with Crippen molar-refractivity contribution >= 4 is 17.5 Å². The number of unbranched alkanes of at least 4 members (excludes halogenated alkanes) is 1. The van der Waals surface area contributed by atoms with Gasteiger partial charge in [-0.2, -0.15) is 0 Å². The second-order valence-corrected chi connectivity index (χ2v) is 8.75. The Balaban J connectivity index is 1.43. The summed E-state index contributed by atoms with van der Waals surface area (Å²) in [7, 11) is 3.19. The van der Waals surface area contributed by atoms with Crippen LogP contribution in [0.1, 0.15) is 49.7 Å². The van der Waals surface area contributed by atoms with Crippen LogP contribution >= 0.6 is 0 Å². The summed E-state index contributed by atoms with van der Waals surface area (Å²) in [4.78, 5) is 26.1. The van der Waals surface area contributed by atoms with Gasteiger partial charge in [0.2, 0.25) is 11.8 Å². The number of benzene rings is 2. The minimum absolute atomic E-state index is 0.0258. The maximum Gasteiger partial charge on any atom is 0.224 e. The quantitative estimate of drug-likeness (QED) is 0.420. The number of methoxy groups -OCH3 is 2. The molecule has 1 atom stereocenters. The molecule has 8 nitrogen and oxygen atoms in total. The number of hydrogen-bond donors (Lipinski definition) is 2. The number of nitrogens with zero attached hydrogens (tertiary/aromatic N) is 1. The number of rotatable bonds is 13. The highest BCUT2D eigenvalue weighted by Crippen LogP contribution is 2.34. The molecule has 0 saturated carbocycles. The molecule has 8 heteroatoms. The molecular weight excluding hydrogens is 448 g/mol. The van der Waals surface area contributed by atoms with Gasteiger partial charge in [-0.25, -0.2) is 0 Å². The number of aliphatic hydroxyl groups is 1. The van der Waals surface area contributed by atoms with E-state index in [1.165, 1.54) is 0 Å². The van der Waals surface area contributed by atoms with Crippen molar-refractivity contribution in [2.45, 2.75) is 44.9 Å². The summed E-state index contributed by atoms with van der Waals surface area (Å²) in [5.41, 5.74) is 2.97. The second kappa shape index (κ2) is 13.0. The highest BCUT2D eigenvalue weighted by atomic mass is 16.5. The number of ether oxygens (including phenoxy) is 3. The first kappa shape index (κ1) is 26.3. The van der Waals surface area contributed by atoms with Crippen molar-refractivity contribution in [2.75, 3.05) is 45.8 Å². The van der Waals surface area contributed by atoms with Crippen molar-refractivity contribution < 1.29 is 28.9 Å². The van der Waals surface area contributed by atoms with Crippen LogP contribution < -0.4 is 19.5 Å². The molecule has 0 radical (unpaired) electrons. The van der Waals surface area contributed by atoms with Crippen LogP contribution in [-0.2, 0) is 16.0 Å². The van der Waals surface area contributed by atoms with Crippen LogP contribution in [-0.4, -0.2) is 62.3 Å². The molecule has 0 aliphatic carbocycles. The second-order valence-electron chi connectivity index (χ2n) is 8.75. The highest BCUT2D eigenvalue weighted by Gasteiger charge is 2.22. The van der Waals surface area contributed by atoms with Crippen molar-refractivity contribution in [1.29, 1.82) is 0 Å². The van der Waals surface area contributed by atoms with Gasteiger partial charge in [0.05, 0.1) is 27.4 Å². The van der Waals surface area contributed by atoms with Crippen LogP contribution in [0.2, 0.25) is 0 Å². The van der Waals surface area contributed by atoms with Crippen LogP contribution in [0.3, 0.4) is 0 Å². The molecule has 3 rings (SSSR count). The van der Waals surface area contributed by atoms with Crippen LogP contribution in [0.15, 0.2) is 36.4 Å². The summed E-state index contributed by atoms with van der Waals surface area (Å²) in [6.07, 6.45) is 3.00. The van der Waals surface area contributed by atoms with Crippen molar-refractivity contribution in [2.24, 2.45) is 0 Å². The van der Waals surface area contributed by atoms with E-state index >= 15 is 0 Å². The van der Waals surface area contributed by atoms with E-state index in [2.05, 4.69) is 5.32 Å². The predicted molar refractivity (Wildman–Crippen MR) is 134 cm³/mol. The third-order valence-electron chi connectivity index (χ3n) is 6.21. The number of nitrogens with one attached hydrogen (secondary N) is 1. The highest BCUT2D eigenvalue weighted by molar-refractivity contribution is 5.94. The van der Waals surface area contributed by atoms with Crippen molar-refractivity contribution in [3.63, 3.8) is 0 Å². The van der Waals surface area contributed by atoms with Crippen molar-refractivity contribution in [3.05, 3.63) is 47.5 Å². The Morgan fingerprint density at radius 2 is 1.89 bits per heavy atom. The van der Waals surface area contributed by atoms with Gasteiger partial charge in [-0.05, 0) is 66.6 Å². The summed E-state index contributed by atoms with van der Waals surface area (Å²) in [6, 6.07) is 11.4. The molecule has 2 amide bonds. The lowest BCUT2D eigenvalue weighted by Crippen LogP contribution is -2.35. The van der Waals surface area contributed by atoms with Gasteiger partial charge in [0.1, 0.15) is 5.75 Å². The summed E-state index contributed by atoms with van der Waals surface area (Å²) in [6.45, 7) is 3.31. The Hall–Kier alpha value is -3.26. The molecule has 2 N–H and O–H groups in total. The van der Waals surface area contributed by atoms with Gasteiger partial charge in [-0.1, -0.05) is 13.0 Å².